The third-order valence-electron chi connectivity index (χ3n) is 4.91. The van der Waals surface area contributed by atoms with Crippen LogP contribution in [0.25, 0.3) is 0 Å². The van der Waals surface area contributed by atoms with E-state index in [-0.39, 0.29) is 5.97 Å². The van der Waals surface area contributed by atoms with Crippen LogP contribution < -0.4 is 4.74 Å². The Labute approximate surface area is 149 Å². The SMILES string of the molecule is Cc1ccc2c(c1Cl)C1(OC2=O)c2ccccc2Oc2ccccc21. The van der Waals surface area contributed by atoms with Gasteiger partial charge in [0.05, 0.1) is 10.6 Å². The fraction of sp³-hybridized carbons (Fsp3) is 0.0952. The Balaban J connectivity index is 1.97. The summed E-state index contributed by atoms with van der Waals surface area (Å²) >= 11 is 6.69. The minimum Gasteiger partial charge on any atom is -0.456 e. The van der Waals surface area contributed by atoms with E-state index in [1.165, 1.54) is 0 Å². The molecule has 0 N–H and O–H groups in total. The van der Waals surface area contributed by atoms with Crippen LogP contribution in [0, 0.1) is 6.92 Å². The van der Waals surface area contributed by atoms with Gasteiger partial charge < -0.3 is 9.47 Å². The maximum Gasteiger partial charge on any atom is 0.340 e. The first-order chi connectivity index (χ1) is 12.1. The molecular weight excluding hydrogens is 336 g/mol. The molecule has 0 bridgehead atoms. The summed E-state index contributed by atoms with van der Waals surface area (Å²) < 4.78 is 12.1. The van der Waals surface area contributed by atoms with Crippen molar-refractivity contribution in [3.05, 3.63) is 93.5 Å². The molecular formula is C21H13ClO3. The molecule has 0 atom stereocenters. The molecule has 2 aliphatic heterocycles. The number of ether oxygens (including phenoxy) is 2. The average molecular weight is 349 g/mol. The largest absolute Gasteiger partial charge is 0.456 e. The van der Waals surface area contributed by atoms with Crippen molar-refractivity contribution in [3.8, 4) is 11.5 Å². The minimum absolute atomic E-state index is 0.372. The van der Waals surface area contributed by atoms with Gasteiger partial charge in [-0.25, -0.2) is 4.79 Å². The molecule has 0 aliphatic carbocycles. The number of esters is 1. The molecule has 3 aromatic carbocycles. The van der Waals surface area contributed by atoms with Gasteiger partial charge in [0.15, 0.2) is 5.60 Å². The summed E-state index contributed by atoms with van der Waals surface area (Å²) in [6.07, 6.45) is 0. The van der Waals surface area contributed by atoms with E-state index >= 15 is 0 Å². The zero-order chi connectivity index (χ0) is 17.2. The lowest BCUT2D eigenvalue weighted by molar-refractivity contribution is 0.0224. The van der Waals surface area contributed by atoms with Gasteiger partial charge in [-0.1, -0.05) is 54.1 Å². The number of benzene rings is 3. The van der Waals surface area contributed by atoms with Crippen molar-refractivity contribution in [2.45, 2.75) is 12.5 Å². The third kappa shape index (κ3) is 1.73. The number of carbonyl (C=O) groups excluding carboxylic acids is 1. The molecule has 0 radical (unpaired) electrons. The summed E-state index contributed by atoms with van der Waals surface area (Å²) in [5.74, 6) is 0.960. The van der Waals surface area contributed by atoms with Gasteiger partial charge in [-0.3, -0.25) is 0 Å². The molecule has 0 fully saturated rings. The van der Waals surface area contributed by atoms with Crippen molar-refractivity contribution in [2.24, 2.45) is 0 Å². The molecule has 3 aromatic rings. The number of aryl methyl sites for hydroxylation is 1. The van der Waals surface area contributed by atoms with Gasteiger partial charge in [0, 0.05) is 16.7 Å². The number of carbonyl (C=O) groups is 1. The van der Waals surface area contributed by atoms with E-state index in [1.54, 1.807) is 6.07 Å². The van der Waals surface area contributed by atoms with Gasteiger partial charge in [0.25, 0.3) is 0 Å². The van der Waals surface area contributed by atoms with Crippen LogP contribution in [0.5, 0.6) is 11.5 Å². The Morgan fingerprint density at radius 2 is 1.48 bits per heavy atom. The Kier molecular flexibility index (Phi) is 2.83. The molecule has 0 amide bonds. The van der Waals surface area contributed by atoms with Crippen molar-refractivity contribution in [2.75, 3.05) is 0 Å². The molecule has 0 saturated heterocycles. The maximum absolute atomic E-state index is 12.7. The molecule has 2 heterocycles. The highest BCUT2D eigenvalue weighted by Crippen LogP contribution is 2.57. The van der Waals surface area contributed by atoms with E-state index in [0.717, 1.165) is 16.7 Å². The lowest BCUT2D eigenvalue weighted by Gasteiger charge is -2.36. The summed E-state index contributed by atoms with van der Waals surface area (Å²) in [5.41, 5.74) is 2.59. The lowest BCUT2D eigenvalue weighted by Crippen LogP contribution is -2.33. The van der Waals surface area contributed by atoms with Crippen LogP contribution in [-0.2, 0) is 10.3 Å². The summed E-state index contributed by atoms with van der Waals surface area (Å²) in [5, 5.41) is 0.551. The summed E-state index contributed by atoms with van der Waals surface area (Å²) in [6.45, 7) is 1.93. The van der Waals surface area contributed by atoms with Crippen molar-refractivity contribution >= 4 is 17.6 Å². The van der Waals surface area contributed by atoms with Crippen molar-refractivity contribution in [1.82, 2.24) is 0 Å². The first kappa shape index (κ1) is 14.6. The maximum atomic E-state index is 12.7. The van der Waals surface area contributed by atoms with Crippen LogP contribution in [0.1, 0.15) is 32.6 Å². The minimum atomic E-state index is -1.08. The Morgan fingerprint density at radius 3 is 2.12 bits per heavy atom. The van der Waals surface area contributed by atoms with E-state index in [0.29, 0.717) is 27.6 Å². The molecule has 122 valence electrons. The average Bonchev–Trinajstić information content (AvgIpc) is 2.92. The normalized spacial score (nSPS) is 15.8. The van der Waals surface area contributed by atoms with Gasteiger partial charge in [0.2, 0.25) is 0 Å². The Morgan fingerprint density at radius 1 is 0.880 bits per heavy atom. The van der Waals surface area contributed by atoms with Gasteiger partial charge in [0.1, 0.15) is 11.5 Å². The molecule has 1 spiro atoms. The fourth-order valence-corrected chi connectivity index (χ4v) is 4.07. The standard InChI is InChI=1S/C21H13ClO3/c1-12-10-11-13-18(19(12)22)21(25-20(13)23)14-6-2-4-8-16(14)24-17-9-5-3-7-15(17)21/h2-11H,1H3. The van der Waals surface area contributed by atoms with Gasteiger partial charge in [-0.2, -0.15) is 0 Å². The van der Waals surface area contributed by atoms with Crippen LogP contribution >= 0.6 is 11.6 Å². The smallest absolute Gasteiger partial charge is 0.340 e. The molecule has 25 heavy (non-hydrogen) atoms. The summed E-state index contributed by atoms with van der Waals surface area (Å²) in [4.78, 5) is 12.7. The predicted octanol–water partition coefficient (Wildman–Crippen LogP) is 5.22. The zero-order valence-electron chi connectivity index (χ0n) is 13.4. The van der Waals surface area contributed by atoms with E-state index in [9.17, 15) is 4.79 Å². The van der Waals surface area contributed by atoms with Crippen molar-refractivity contribution < 1.29 is 14.3 Å². The number of halogens is 1. The Hall–Kier alpha value is -2.78. The Bertz CT molecular complexity index is 1010. The highest BCUT2D eigenvalue weighted by atomic mass is 35.5. The lowest BCUT2D eigenvalue weighted by atomic mass is 9.77. The summed E-state index contributed by atoms with van der Waals surface area (Å²) in [6, 6.07) is 18.9. The highest BCUT2D eigenvalue weighted by Gasteiger charge is 2.54. The first-order valence-electron chi connectivity index (χ1n) is 8.02. The van der Waals surface area contributed by atoms with Crippen LogP contribution in [0.15, 0.2) is 60.7 Å². The molecule has 4 heteroatoms. The van der Waals surface area contributed by atoms with Crippen LogP contribution in [0.4, 0.5) is 0 Å². The van der Waals surface area contributed by atoms with E-state index in [2.05, 4.69) is 0 Å². The number of rotatable bonds is 0. The molecule has 5 rings (SSSR count). The molecule has 0 unspecified atom stereocenters. The molecule has 3 nitrogen and oxygen atoms in total. The van der Waals surface area contributed by atoms with Gasteiger partial charge >= 0.3 is 5.97 Å². The van der Waals surface area contributed by atoms with Gasteiger partial charge in [-0.15, -0.1) is 0 Å². The van der Waals surface area contributed by atoms with Crippen LogP contribution in [0.3, 0.4) is 0 Å². The molecule has 0 aromatic heterocycles. The highest BCUT2D eigenvalue weighted by molar-refractivity contribution is 6.33. The van der Waals surface area contributed by atoms with Crippen molar-refractivity contribution in [1.29, 1.82) is 0 Å². The van der Waals surface area contributed by atoms with Gasteiger partial charge in [-0.05, 0) is 30.7 Å². The first-order valence-corrected chi connectivity index (χ1v) is 8.40. The second-order valence-electron chi connectivity index (χ2n) is 6.28. The monoisotopic (exact) mass is 348 g/mol. The second-order valence-corrected chi connectivity index (χ2v) is 6.66. The molecule has 0 saturated carbocycles. The van der Waals surface area contributed by atoms with E-state index in [4.69, 9.17) is 21.1 Å². The van der Waals surface area contributed by atoms with Crippen LogP contribution in [-0.4, -0.2) is 5.97 Å². The van der Waals surface area contributed by atoms with E-state index < -0.39 is 5.60 Å². The number of para-hydroxylation sites is 2. The third-order valence-corrected chi connectivity index (χ3v) is 5.39. The quantitative estimate of drug-likeness (QED) is 0.523. The second kappa shape index (κ2) is 4.87. The fourth-order valence-electron chi connectivity index (χ4n) is 3.78. The zero-order valence-corrected chi connectivity index (χ0v) is 14.1. The van der Waals surface area contributed by atoms with Crippen molar-refractivity contribution in [3.63, 3.8) is 0 Å². The number of fused-ring (bicyclic) bond motifs is 6. The number of hydrogen-bond donors (Lipinski definition) is 0. The summed E-state index contributed by atoms with van der Waals surface area (Å²) in [7, 11) is 0. The number of hydrogen-bond acceptors (Lipinski definition) is 3. The van der Waals surface area contributed by atoms with Crippen LogP contribution in [0.2, 0.25) is 5.02 Å². The molecule has 2 aliphatic rings. The van der Waals surface area contributed by atoms with E-state index in [1.807, 2.05) is 61.5 Å². The predicted molar refractivity (Wildman–Crippen MR) is 94.4 cm³/mol. The topological polar surface area (TPSA) is 35.5 Å².